The average Bonchev–Trinajstić information content (AvgIpc) is 2.75. The molecule has 8 nitrogen and oxygen atoms in total. The van der Waals surface area contributed by atoms with Crippen LogP contribution in [0, 0.1) is 11.8 Å². The van der Waals surface area contributed by atoms with Crippen molar-refractivity contribution < 1.29 is 5.11 Å². The highest BCUT2D eigenvalue weighted by atomic mass is 127. The minimum Gasteiger partial charge on any atom is -0.396 e. The number of hydrogen-bond donors (Lipinski definition) is 3. The summed E-state index contributed by atoms with van der Waals surface area (Å²) < 4.78 is 0. The lowest BCUT2D eigenvalue weighted by Gasteiger charge is -2.34. The Balaban J connectivity index is 0.00000480. The van der Waals surface area contributed by atoms with Crippen LogP contribution in [0.1, 0.15) is 40.0 Å². The molecule has 2 rings (SSSR count). The molecule has 0 radical (unpaired) electrons. The fourth-order valence-electron chi connectivity index (χ4n) is 3.83. The molecule has 1 unspecified atom stereocenters. The third kappa shape index (κ3) is 11.3. The zero-order valence-corrected chi connectivity index (χ0v) is 21.8. The second-order valence-electron chi connectivity index (χ2n) is 8.39. The van der Waals surface area contributed by atoms with Gasteiger partial charge in [-0.1, -0.05) is 13.8 Å². The van der Waals surface area contributed by atoms with Gasteiger partial charge in [0.15, 0.2) is 5.96 Å². The summed E-state index contributed by atoms with van der Waals surface area (Å²) in [7, 11) is 0. The maximum atomic E-state index is 9.30. The number of nitrogens with one attached hydrogen (secondary N) is 2. The number of nitrogens with zero attached hydrogens (tertiary/aromatic N) is 5. The molecule has 2 heterocycles. The molecule has 31 heavy (non-hydrogen) atoms. The van der Waals surface area contributed by atoms with Crippen LogP contribution in [0.15, 0.2) is 23.5 Å². The number of aliphatic imine (C=N–C) groups is 1. The number of anilines is 1. The largest absolute Gasteiger partial charge is 0.396 e. The standard InChI is InChI=1S/C22H41N7O.HI/c1-4-23-21(27-18-20(7-16-30)17-19(2)3)24-10-6-11-28-12-14-29(15-13-28)22-25-8-5-9-26-22;/h5,8-9,19-20,30H,4,6-7,10-18H2,1-3H3,(H2,23,24,27);1H. The van der Waals surface area contributed by atoms with E-state index < -0.39 is 0 Å². The van der Waals surface area contributed by atoms with Crippen LogP contribution >= 0.6 is 24.0 Å². The smallest absolute Gasteiger partial charge is 0.225 e. The number of aliphatic hydroxyl groups is 1. The van der Waals surface area contributed by atoms with E-state index in [0.717, 1.165) is 83.5 Å². The zero-order chi connectivity index (χ0) is 21.6. The summed E-state index contributed by atoms with van der Waals surface area (Å²) in [5.74, 6) is 2.79. The first-order valence-electron chi connectivity index (χ1n) is 11.5. The first kappa shape index (κ1) is 27.8. The number of piperazine rings is 1. The van der Waals surface area contributed by atoms with Gasteiger partial charge in [-0.05, 0) is 50.6 Å². The maximum Gasteiger partial charge on any atom is 0.225 e. The highest BCUT2D eigenvalue weighted by Gasteiger charge is 2.18. The Kier molecular flexibility index (Phi) is 14.8. The van der Waals surface area contributed by atoms with Gasteiger partial charge in [0.05, 0.1) is 0 Å². The van der Waals surface area contributed by atoms with Crippen molar-refractivity contribution in [2.24, 2.45) is 16.8 Å². The Bertz CT molecular complexity index is 595. The molecule has 1 aromatic rings. The maximum absolute atomic E-state index is 9.30. The van der Waals surface area contributed by atoms with E-state index in [1.165, 1.54) is 0 Å². The van der Waals surface area contributed by atoms with Gasteiger partial charge in [-0.3, -0.25) is 9.89 Å². The lowest BCUT2D eigenvalue weighted by molar-refractivity contribution is 0.245. The second-order valence-corrected chi connectivity index (χ2v) is 8.39. The Morgan fingerprint density at radius 3 is 2.48 bits per heavy atom. The summed E-state index contributed by atoms with van der Waals surface area (Å²) in [4.78, 5) is 18.2. The minimum absolute atomic E-state index is 0. The molecule has 9 heteroatoms. The van der Waals surface area contributed by atoms with E-state index in [1.807, 2.05) is 6.07 Å². The number of rotatable bonds is 12. The summed E-state index contributed by atoms with van der Waals surface area (Å²) in [6, 6.07) is 1.86. The van der Waals surface area contributed by atoms with Gasteiger partial charge in [0.2, 0.25) is 5.95 Å². The van der Waals surface area contributed by atoms with Crippen LogP contribution in [-0.4, -0.2) is 84.9 Å². The van der Waals surface area contributed by atoms with Gasteiger partial charge in [0.1, 0.15) is 0 Å². The predicted octanol–water partition coefficient (Wildman–Crippen LogP) is 2.21. The first-order valence-corrected chi connectivity index (χ1v) is 11.5. The molecule has 1 aromatic heterocycles. The van der Waals surface area contributed by atoms with Gasteiger partial charge in [0.25, 0.3) is 0 Å². The van der Waals surface area contributed by atoms with Crippen LogP contribution < -0.4 is 15.5 Å². The highest BCUT2D eigenvalue weighted by Crippen LogP contribution is 2.15. The summed E-state index contributed by atoms with van der Waals surface area (Å²) in [6.07, 6.45) is 6.61. The first-order chi connectivity index (χ1) is 14.6. The van der Waals surface area contributed by atoms with Crippen molar-refractivity contribution in [1.82, 2.24) is 25.5 Å². The monoisotopic (exact) mass is 547 g/mol. The van der Waals surface area contributed by atoms with E-state index in [2.05, 4.69) is 51.2 Å². The molecule has 1 aliphatic heterocycles. The fraction of sp³-hybridized carbons (Fsp3) is 0.773. The Hall–Kier alpha value is -1.20. The van der Waals surface area contributed by atoms with Gasteiger partial charge >= 0.3 is 0 Å². The summed E-state index contributed by atoms with van der Waals surface area (Å²) in [6.45, 7) is 14.4. The van der Waals surface area contributed by atoms with Gasteiger partial charge in [-0.2, -0.15) is 0 Å². The second kappa shape index (κ2) is 16.4. The molecule has 0 aromatic carbocycles. The SMILES string of the molecule is CCNC(=NCC(CCO)CC(C)C)NCCCN1CCN(c2ncccn2)CC1.I. The number of halogens is 1. The van der Waals surface area contributed by atoms with E-state index in [4.69, 9.17) is 4.99 Å². The van der Waals surface area contributed by atoms with Crippen LogP contribution in [0.2, 0.25) is 0 Å². The Morgan fingerprint density at radius 2 is 1.87 bits per heavy atom. The van der Waals surface area contributed by atoms with Crippen molar-refractivity contribution in [1.29, 1.82) is 0 Å². The normalized spacial score (nSPS) is 16.2. The summed E-state index contributed by atoms with van der Waals surface area (Å²) in [5, 5.41) is 16.1. The summed E-state index contributed by atoms with van der Waals surface area (Å²) in [5.41, 5.74) is 0. The molecule has 1 aliphatic rings. The van der Waals surface area contributed by atoms with Crippen molar-refractivity contribution in [2.75, 3.05) is 63.9 Å². The quantitative estimate of drug-likeness (QED) is 0.160. The molecule has 0 aliphatic carbocycles. The van der Waals surface area contributed by atoms with Crippen molar-refractivity contribution in [3.05, 3.63) is 18.5 Å². The van der Waals surface area contributed by atoms with Crippen LogP contribution in [0.4, 0.5) is 5.95 Å². The third-order valence-electron chi connectivity index (χ3n) is 5.34. The zero-order valence-electron chi connectivity index (χ0n) is 19.5. The number of aliphatic hydroxyl groups excluding tert-OH is 1. The van der Waals surface area contributed by atoms with E-state index in [0.29, 0.717) is 11.8 Å². The molecule has 1 saturated heterocycles. The van der Waals surface area contributed by atoms with Crippen LogP contribution in [-0.2, 0) is 0 Å². The molecule has 1 fully saturated rings. The predicted molar refractivity (Wildman–Crippen MR) is 139 cm³/mol. The molecular formula is C22H42IN7O. The number of guanidine groups is 1. The Morgan fingerprint density at radius 1 is 1.16 bits per heavy atom. The molecule has 0 saturated carbocycles. The van der Waals surface area contributed by atoms with Crippen molar-refractivity contribution in [2.45, 2.75) is 40.0 Å². The van der Waals surface area contributed by atoms with Gasteiger partial charge in [0, 0.05) is 64.8 Å². The van der Waals surface area contributed by atoms with E-state index in [-0.39, 0.29) is 30.6 Å². The molecule has 0 spiro atoms. The molecule has 0 bridgehead atoms. The topological polar surface area (TPSA) is 88.9 Å². The molecule has 178 valence electrons. The lowest BCUT2D eigenvalue weighted by Crippen LogP contribution is -2.47. The van der Waals surface area contributed by atoms with Gasteiger partial charge in [-0.25, -0.2) is 9.97 Å². The van der Waals surface area contributed by atoms with Gasteiger partial charge < -0.3 is 20.6 Å². The van der Waals surface area contributed by atoms with E-state index >= 15 is 0 Å². The molecular weight excluding hydrogens is 505 g/mol. The highest BCUT2D eigenvalue weighted by molar-refractivity contribution is 14.0. The van der Waals surface area contributed by atoms with Crippen LogP contribution in [0.25, 0.3) is 0 Å². The minimum atomic E-state index is 0. The number of hydrogen-bond acceptors (Lipinski definition) is 6. The number of aromatic nitrogens is 2. The third-order valence-corrected chi connectivity index (χ3v) is 5.34. The molecule has 1 atom stereocenters. The molecule has 3 N–H and O–H groups in total. The molecule has 0 amide bonds. The lowest BCUT2D eigenvalue weighted by atomic mass is 9.94. The van der Waals surface area contributed by atoms with Crippen LogP contribution in [0.5, 0.6) is 0 Å². The average molecular weight is 548 g/mol. The summed E-state index contributed by atoms with van der Waals surface area (Å²) >= 11 is 0. The van der Waals surface area contributed by atoms with Gasteiger partial charge in [-0.15, -0.1) is 24.0 Å². The van der Waals surface area contributed by atoms with E-state index in [9.17, 15) is 5.11 Å². The van der Waals surface area contributed by atoms with E-state index in [1.54, 1.807) is 12.4 Å². The van der Waals surface area contributed by atoms with Crippen molar-refractivity contribution in [3.8, 4) is 0 Å². The van der Waals surface area contributed by atoms with Crippen molar-refractivity contribution >= 4 is 35.9 Å². The van der Waals surface area contributed by atoms with Crippen LogP contribution in [0.3, 0.4) is 0 Å². The fourth-order valence-corrected chi connectivity index (χ4v) is 3.83. The van der Waals surface area contributed by atoms with Crippen molar-refractivity contribution in [3.63, 3.8) is 0 Å². The Labute approximate surface area is 205 Å².